The Hall–Kier alpha value is -2.17. The Morgan fingerprint density at radius 2 is 2.12 bits per heavy atom. The zero-order valence-electron chi connectivity index (χ0n) is 9.30. The molecular weight excluding hydrogens is 220 g/mol. The van der Waals surface area contributed by atoms with Crippen LogP contribution < -0.4 is 5.32 Å². The van der Waals surface area contributed by atoms with E-state index in [0.29, 0.717) is 12.1 Å². The summed E-state index contributed by atoms with van der Waals surface area (Å²) in [5.41, 5.74) is 0.643. The van der Waals surface area contributed by atoms with Crippen LogP contribution in [0.3, 0.4) is 0 Å². The summed E-state index contributed by atoms with van der Waals surface area (Å²) in [4.78, 5) is 26.4. The Bertz CT molecular complexity index is 403. The molecule has 1 rings (SSSR count). The number of carboxylic acids is 1. The Morgan fingerprint density at radius 1 is 1.47 bits per heavy atom. The van der Waals surface area contributed by atoms with Crippen molar-refractivity contribution < 1.29 is 14.7 Å². The number of carbonyl (C=O) groups excluding carboxylic acids is 1. The molecule has 1 aromatic rings. The second kappa shape index (κ2) is 6.42. The Kier molecular flexibility index (Phi) is 4.87. The fourth-order valence-electron chi connectivity index (χ4n) is 1.43. The first-order valence-electron chi connectivity index (χ1n) is 5.15. The quantitative estimate of drug-likeness (QED) is 0.718. The minimum atomic E-state index is -1.01. The number of amides is 1. The molecule has 0 saturated heterocycles. The Labute approximate surface area is 99.2 Å². The number of carbonyl (C=O) groups is 2. The lowest BCUT2D eigenvalue weighted by Gasteiger charge is -2.14. The summed E-state index contributed by atoms with van der Waals surface area (Å²) in [6.07, 6.45) is 4.37. The zero-order valence-corrected chi connectivity index (χ0v) is 9.30. The molecule has 0 aliphatic carbocycles. The number of hydrogen-bond acceptors (Lipinski definition) is 3. The second-order valence-electron chi connectivity index (χ2n) is 3.46. The van der Waals surface area contributed by atoms with E-state index in [0.717, 1.165) is 0 Å². The van der Waals surface area contributed by atoms with Gasteiger partial charge in [-0.25, -0.2) is 0 Å². The molecule has 1 heterocycles. The summed E-state index contributed by atoms with van der Waals surface area (Å²) >= 11 is 0. The zero-order chi connectivity index (χ0) is 12.7. The number of nitrogens with zero attached hydrogens (tertiary/aromatic N) is 1. The SMILES string of the molecule is C=CCNC(=O)C(CC(=O)O)c1ccncc1. The number of rotatable bonds is 6. The number of pyridine rings is 1. The van der Waals surface area contributed by atoms with Gasteiger partial charge in [0.05, 0.1) is 12.3 Å². The molecule has 1 unspecified atom stereocenters. The Morgan fingerprint density at radius 3 is 2.65 bits per heavy atom. The average molecular weight is 234 g/mol. The molecule has 90 valence electrons. The maximum atomic E-state index is 11.8. The normalized spacial score (nSPS) is 11.5. The van der Waals surface area contributed by atoms with Crippen LogP contribution in [-0.2, 0) is 9.59 Å². The van der Waals surface area contributed by atoms with Crippen molar-refractivity contribution in [3.63, 3.8) is 0 Å². The van der Waals surface area contributed by atoms with E-state index < -0.39 is 11.9 Å². The van der Waals surface area contributed by atoms with E-state index in [-0.39, 0.29) is 12.3 Å². The van der Waals surface area contributed by atoms with Gasteiger partial charge in [0.15, 0.2) is 0 Å². The first-order valence-corrected chi connectivity index (χ1v) is 5.15. The monoisotopic (exact) mass is 234 g/mol. The summed E-state index contributed by atoms with van der Waals surface area (Å²) in [6.45, 7) is 3.80. The minimum Gasteiger partial charge on any atom is -0.481 e. The highest BCUT2D eigenvalue weighted by Crippen LogP contribution is 2.19. The summed E-state index contributed by atoms with van der Waals surface area (Å²) in [7, 11) is 0. The highest BCUT2D eigenvalue weighted by atomic mass is 16.4. The van der Waals surface area contributed by atoms with E-state index >= 15 is 0 Å². The van der Waals surface area contributed by atoms with Crippen LogP contribution in [0.5, 0.6) is 0 Å². The van der Waals surface area contributed by atoms with Crippen LogP contribution in [0.2, 0.25) is 0 Å². The largest absolute Gasteiger partial charge is 0.481 e. The molecule has 5 heteroatoms. The standard InChI is InChI=1S/C12H14N2O3/c1-2-5-14-12(17)10(8-11(15)16)9-3-6-13-7-4-9/h2-4,6-7,10H,1,5,8H2,(H,14,17)(H,15,16). The van der Waals surface area contributed by atoms with Crippen molar-refractivity contribution in [2.24, 2.45) is 0 Å². The van der Waals surface area contributed by atoms with Gasteiger partial charge in [-0.15, -0.1) is 6.58 Å². The van der Waals surface area contributed by atoms with Gasteiger partial charge in [-0.05, 0) is 17.7 Å². The van der Waals surface area contributed by atoms with Crippen molar-refractivity contribution in [3.8, 4) is 0 Å². The molecule has 5 nitrogen and oxygen atoms in total. The van der Waals surface area contributed by atoms with Gasteiger partial charge in [0.1, 0.15) is 0 Å². The molecule has 0 saturated carbocycles. The van der Waals surface area contributed by atoms with Gasteiger partial charge in [-0.1, -0.05) is 6.08 Å². The fourth-order valence-corrected chi connectivity index (χ4v) is 1.43. The van der Waals surface area contributed by atoms with E-state index in [1.165, 1.54) is 12.4 Å². The second-order valence-corrected chi connectivity index (χ2v) is 3.46. The summed E-state index contributed by atoms with van der Waals surface area (Å²) in [5, 5.41) is 11.4. The minimum absolute atomic E-state index is 0.243. The molecule has 0 fully saturated rings. The van der Waals surface area contributed by atoms with Crippen LogP contribution in [0.25, 0.3) is 0 Å². The van der Waals surface area contributed by atoms with Crippen LogP contribution in [-0.4, -0.2) is 28.5 Å². The smallest absolute Gasteiger partial charge is 0.304 e. The van der Waals surface area contributed by atoms with Crippen molar-refractivity contribution in [3.05, 3.63) is 42.7 Å². The number of carboxylic acid groups (broad SMARTS) is 1. The molecule has 0 spiro atoms. The van der Waals surface area contributed by atoms with Crippen LogP contribution in [0.4, 0.5) is 0 Å². The van der Waals surface area contributed by atoms with E-state index in [2.05, 4.69) is 16.9 Å². The molecule has 2 N–H and O–H groups in total. The van der Waals surface area contributed by atoms with Crippen LogP contribution in [0, 0.1) is 0 Å². The molecule has 0 radical (unpaired) electrons. The molecule has 1 aromatic heterocycles. The lowest BCUT2D eigenvalue weighted by molar-refractivity contribution is -0.139. The molecule has 0 bridgehead atoms. The lowest BCUT2D eigenvalue weighted by atomic mass is 9.96. The van der Waals surface area contributed by atoms with Gasteiger partial charge in [0, 0.05) is 18.9 Å². The van der Waals surface area contributed by atoms with Crippen LogP contribution in [0.1, 0.15) is 17.9 Å². The van der Waals surface area contributed by atoms with Gasteiger partial charge in [-0.2, -0.15) is 0 Å². The molecular formula is C12H14N2O3. The first kappa shape index (κ1) is 12.9. The van der Waals surface area contributed by atoms with E-state index in [1.807, 2.05) is 0 Å². The Balaban J connectivity index is 2.84. The predicted octanol–water partition coefficient (Wildman–Crippen LogP) is 0.942. The van der Waals surface area contributed by atoms with Crippen LogP contribution >= 0.6 is 0 Å². The topological polar surface area (TPSA) is 79.3 Å². The highest BCUT2D eigenvalue weighted by Gasteiger charge is 2.22. The molecule has 1 atom stereocenters. The molecule has 0 aliphatic heterocycles. The third kappa shape index (κ3) is 4.06. The van der Waals surface area contributed by atoms with Crippen molar-refractivity contribution in [2.75, 3.05) is 6.54 Å². The van der Waals surface area contributed by atoms with E-state index in [4.69, 9.17) is 5.11 Å². The van der Waals surface area contributed by atoms with Crippen molar-refractivity contribution in [1.29, 1.82) is 0 Å². The van der Waals surface area contributed by atoms with Crippen molar-refractivity contribution >= 4 is 11.9 Å². The van der Waals surface area contributed by atoms with Gasteiger partial charge in [0.25, 0.3) is 0 Å². The molecule has 0 aliphatic rings. The van der Waals surface area contributed by atoms with Gasteiger partial charge < -0.3 is 10.4 Å². The predicted molar refractivity (Wildman–Crippen MR) is 62.4 cm³/mol. The maximum Gasteiger partial charge on any atom is 0.304 e. The lowest BCUT2D eigenvalue weighted by Crippen LogP contribution is -2.30. The van der Waals surface area contributed by atoms with Crippen molar-refractivity contribution in [2.45, 2.75) is 12.3 Å². The third-order valence-electron chi connectivity index (χ3n) is 2.22. The number of aliphatic carboxylic acids is 1. The number of aromatic nitrogens is 1. The first-order chi connectivity index (χ1) is 8.15. The van der Waals surface area contributed by atoms with E-state index in [9.17, 15) is 9.59 Å². The highest BCUT2D eigenvalue weighted by molar-refractivity contribution is 5.87. The summed E-state index contributed by atoms with van der Waals surface area (Å²) in [6, 6.07) is 3.28. The molecule has 17 heavy (non-hydrogen) atoms. The van der Waals surface area contributed by atoms with Crippen molar-refractivity contribution in [1.82, 2.24) is 10.3 Å². The van der Waals surface area contributed by atoms with Crippen LogP contribution in [0.15, 0.2) is 37.2 Å². The third-order valence-corrected chi connectivity index (χ3v) is 2.22. The number of nitrogens with one attached hydrogen (secondary N) is 1. The summed E-state index contributed by atoms with van der Waals surface area (Å²) < 4.78 is 0. The molecule has 1 amide bonds. The fraction of sp³-hybridized carbons (Fsp3) is 0.250. The molecule has 0 aromatic carbocycles. The van der Waals surface area contributed by atoms with E-state index in [1.54, 1.807) is 18.2 Å². The summed E-state index contributed by atoms with van der Waals surface area (Å²) in [5.74, 6) is -2.03. The van der Waals surface area contributed by atoms with Gasteiger partial charge in [0.2, 0.25) is 5.91 Å². The van der Waals surface area contributed by atoms with Gasteiger partial charge in [-0.3, -0.25) is 14.6 Å². The number of hydrogen-bond donors (Lipinski definition) is 2. The average Bonchev–Trinajstić information content (AvgIpc) is 2.34. The maximum absolute atomic E-state index is 11.8. The van der Waals surface area contributed by atoms with Gasteiger partial charge >= 0.3 is 5.97 Å².